The van der Waals surface area contributed by atoms with E-state index in [9.17, 15) is 13.2 Å². The summed E-state index contributed by atoms with van der Waals surface area (Å²) in [6, 6.07) is 12.2. The molecule has 0 fully saturated rings. The summed E-state index contributed by atoms with van der Waals surface area (Å²) in [5.41, 5.74) is 1.88. The van der Waals surface area contributed by atoms with Gasteiger partial charge in [0.1, 0.15) is 13.2 Å². The largest absolute Gasteiger partial charge is 0.486 e. The summed E-state index contributed by atoms with van der Waals surface area (Å²) in [6.45, 7) is 3.15. The van der Waals surface area contributed by atoms with Crippen molar-refractivity contribution in [2.45, 2.75) is 37.5 Å². The van der Waals surface area contributed by atoms with Crippen molar-refractivity contribution in [1.82, 2.24) is 4.72 Å². The fourth-order valence-corrected chi connectivity index (χ4v) is 4.10. The van der Waals surface area contributed by atoms with Crippen LogP contribution in [0.2, 0.25) is 0 Å². The third-order valence-corrected chi connectivity index (χ3v) is 5.96. The average Bonchev–Trinajstić information content (AvgIpc) is 2.70. The van der Waals surface area contributed by atoms with Crippen molar-refractivity contribution in [2.24, 2.45) is 0 Å². The van der Waals surface area contributed by atoms with Gasteiger partial charge in [-0.05, 0) is 49.6 Å². The van der Waals surface area contributed by atoms with Gasteiger partial charge in [-0.3, -0.25) is 4.79 Å². The molecule has 0 aliphatic carbocycles. The molecule has 0 saturated carbocycles. The number of anilines is 1. The lowest BCUT2D eigenvalue weighted by atomic mass is 10.2. The molecule has 0 aromatic heterocycles. The van der Waals surface area contributed by atoms with Gasteiger partial charge in [-0.25, -0.2) is 13.1 Å². The van der Waals surface area contributed by atoms with E-state index in [4.69, 9.17) is 9.47 Å². The van der Waals surface area contributed by atoms with Crippen LogP contribution in [-0.2, 0) is 14.8 Å². The molecule has 0 bridgehead atoms. The summed E-state index contributed by atoms with van der Waals surface area (Å²) < 4.78 is 38.3. The zero-order chi connectivity index (χ0) is 20.7. The molecule has 29 heavy (non-hydrogen) atoms. The number of hydrogen-bond acceptors (Lipinski definition) is 5. The number of rotatable bonds is 9. The summed E-state index contributed by atoms with van der Waals surface area (Å²) >= 11 is 0. The second-order valence-electron chi connectivity index (χ2n) is 6.93. The number of carbonyl (C=O) groups is 1. The molecule has 0 saturated heterocycles. The smallest absolute Gasteiger partial charge is 0.240 e. The first kappa shape index (κ1) is 21.1. The number of hydrogen-bond donors (Lipinski definition) is 2. The van der Waals surface area contributed by atoms with Gasteiger partial charge in [0.25, 0.3) is 0 Å². The van der Waals surface area contributed by atoms with Crippen LogP contribution >= 0.6 is 0 Å². The molecular formula is C21H26N2O5S. The Kier molecular flexibility index (Phi) is 7.11. The highest BCUT2D eigenvalue weighted by molar-refractivity contribution is 7.89. The van der Waals surface area contributed by atoms with Crippen molar-refractivity contribution >= 4 is 21.6 Å². The van der Waals surface area contributed by atoms with Crippen LogP contribution in [0.5, 0.6) is 11.5 Å². The van der Waals surface area contributed by atoms with Gasteiger partial charge < -0.3 is 14.8 Å². The maximum absolute atomic E-state index is 12.4. The Bertz CT molecular complexity index is 959. The summed E-state index contributed by atoms with van der Waals surface area (Å²) in [5.74, 6) is 0.963. The van der Waals surface area contributed by atoms with Crippen molar-refractivity contribution in [3.63, 3.8) is 0 Å². The Morgan fingerprint density at radius 3 is 2.59 bits per heavy atom. The van der Waals surface area contributed by atoms with Gasteiger partial charge in [0.15, 0.2) is 11.5 Å². The van der Waals surface area contributed by atoms with Gasteiger partial charge in [0.2, 0.25) is 15.9 Å². The molecule has 1 aliphatic heterocycles. The molecule has 156 valence electrons. The molecule has 0 spiro atoms. The molecule has 2 N–H and O–H groups in total. The van der Waals surface area contributed by atoms with Crippen LogP contribution in [0.15, 0.2) is 47.4 Å². The van der Waals surface area contributed by atoms with Crippen LogP contribution in [0, 0.1) is 6.92 Å². The maximum atomic E-state index is 12.4. The number of ether oxygens (including phenoxy) is 2. The molecule has 2 aromatic carbocycles. The predicted molar refractivity (Wildman–Crippen MR) is 111 cm³/mol. The molecule has 0 radical (unpaired) electrons. The van der Waals surface area contributed by atoms with Gasteiger partial charge in [0.05, 0.1) is 4.90 Å². The number of sulfonamides is 1. The third kappa shape index (κ3) is 6.20. The topological polar surface area (TPSA) is 93.7 Å². The molecule has 3 rings (SSSR count). The van der Waals surface area contributed by atoms with Crippen LogP contribution in [0.1, 0.15) is 31.2 Å². The van der Waals surface area contributed by atoms with Gasteiger partial charge in [0, 0.05) is 24.7 Å². The molecular weight excluding hydrogens is 392 g/mol. The minimum absolute atomic E-state index is 0.0348. The van der Waals surface area contributed by atoms with Gasteiger partial charge in [-0.15, -0.1) is 0 Å². The fourth-order valence-electron chi connectivity index (χ4n) is 3.01. The van der Waals surface area contributed by atoms with E-state index in [1.54, 1.807) is 6.07 Å². The van der Waals surface area contributed by atoms with E-state index in [0.29, 0.717) is 50.5 Å². The quantitative estimate of drug-likeness (QED) is 0.610. The zero-order valence-corrected chi connectivity index (χ0v) is 17.3. The normalized spacial score (nSPS) is 13.1. The van der Waals surface area contributed by atoms with Crippen molar-refractivity contribution in [3.05, 3.63) is 48.0 Å². The molecule has 7 nitrogen and oxygen atoms in total. The Labute approximate surface area is 171 Å². The minimum atomic E-state index is -3.61. The lowest BCUT2D eigenvalue weighted by Gasteiger charge is -2.18. The van der Waals surface area contributed by atoms with Crippen LogP contribution in [0.3, 0.4) is 0 Å². The van der Waals surface area contributed by atoms with Crippen molar-refractivity contribution in [1.29, 1.82) is 0 Å². The van der Waals surface area contributed by atoms with E-state index in [0.717, 1.165) is 17.7 Å². The van der Waals surface area contributed by atoms with Gasteiger partial charge in [-0.2, -0.15) is 0 Å². The molecule has 1 aliphatic rings. The van der Waals surface area contributed by atoms with Gasteiger partial charge >= 0.3 is 0 Å². The van der Waals surface area contributed by atoms with E-state index in [1.807, 2.05) is 31.2 Å². The third-order valence-electron chi connectivity index (χ3n) is 4.50. The van der Waals surface area contributed by atoms with Crippen molar-refractivity contribution in [3.8, 4) is 11.5 Å². The Balaban J connectivity index is 1.37. The van der Waals surface area contributed by atoms with Crippen LogP contribution < -0.4 is 19.5 Å². The first-order valence-electron chi connectivity index (χ1n) is 9.70. The standard InChI is InChI=1S/C21H26N2O5S/c1-16-6-5-7-17(14-16)23-21(24)8-3-2-4-11-22-29(25,26)18-9-10-19-20(15-18)28-13-12-27-19/h5-7,9-10,14-15,22H,2-4,8,11-13H2,1H3,(H,23,24). The van der Waals surface area contributed by atoms with E-state index >= 15 is 0 Å². The summed E-state index contributed by atoms with van der Waals surface area (Å²) in [4.78, 5) is 12.1. The van der Waals surface area contributed by atoms with E-state index in [-0.39, 0.29) is 10.8 Å². The summed E-state index contributed by atoms with van der Waals surface area (Å²) in [5, 5.41) is 2.87. The summed E-state index contributed by atoms with van der Waals surface area (Å²) in [6.07, 6.45) is 2.51. The van der Waals surface area contributed by atoms with Crippen LogP contribution in [0.4, 0.5) is 5.69 Å². The number of amides is 1. The fraction of sp³-hybridized carbons (Fsp3) is 0.381. The molecule has 2 aromatic rings. The summed E-state index contributed by atoms with van der Waals surface area (Å²) in [7, 11) is -3.61. The first-order chi connectivity index (χ1) is 13.9. The van der Waals surface area contributed by atoms with E-state index in [2.05, 4.69) is 10.0 Å². The number of aryl methyl sites for hydroxylation is 1. The number of unbranched alkanes of at least 4 members (excludes halogenated alkanes) is 2. The molecule has 0 unspecified atom stereocenters. The van der Waals surface area contributed by atoms with Crippen LogP contribution in [0.25, 0.3) is 0 Å². The SMILES string of the molecule is Cc1cccc(NC(=O)CCCCCNS(=O)(=O)c2ccc3c(c2)OCCO3)c1. The second-order valence-corrected chi connectivity index (χ2v) is 8.70. The number of benzene rings is 2. The van der Waals surface area contributed by atoms with E-state index in [1.165, 1.54) is 12.1 Å². The lowest BCUT2D eigenvalue weighted by molar-refractivity contribution is -0.116. The maximum Gasteiger partial charge on any atom is 0.240 e. The van der Waals surface area contributed by atoms with Crippen molar-refractivity contribution < 1.29 is 22.7 Å². The van der Waals surface area contributed by atoms with E-state index < -0.39 is 10.0 Å². The minimum Gasteiger partial charge on any atom is -0.486 e. The highest BCUT2D eigenvalue weighted by atomic mass is 32.2. The van der Waals surface area contributed by atoms with Crippen molar-refractivity contribution in [2.75, 3.05) is 25.1 Å². The Morgan fingerprint density at radius 1 is 1.00 bits per heavy atom. The lowest BCUT2D eigenvalue weighted by Crippen LogP contribution is -2.25. The molecule has 1 amide bonds. The highest BCUT2D eigenvalue weighted by Crippen LogP contribution is 2.32. The van der Waals surface area contributed by atoms with Crippen LogP contribution in [-0.4, -0.2) is 34.1 Å². The zero-order valence-electron chi connectivity index (χ0n) is 16.4. The number of fused-ring (bicyclic) bond motifs is 1. The van der Waals surface area contributed by atoms with Gasteiger partial charge in [-0.1, -0.05) is 18.6 Å². The molecule has 0 atom stereocenters. The first-order valence-corrected chi connectivity index (χ1v) is 11.2. The number of carbonyl (C=O) groups excluding carboxylic acids is 1. The second kappa shape index (κ2) is 9.76. The Morgan fingerprint density at radius 2 is 1.79 bits per heavy atom. The number of nitrogens with one attached hydrogen (secondary N) is 2. The average molecular weight is 419 g/mol. The highest BCUT2D eigenvalue weighted by Gasteiger charge is 2.18. The Hall–Kier alpha value is -2.58. The monoisotopic (exact) mass is 418 g/mol. The molecule has 1 heterocycles. The molecule has 8 heteroatoms. The predicted octanol–water partition coefficient (Wildman–Crippen LogP) is 3.24.